The van der Waals surface area contributed by atoms with Crippen LogP contribution in [-0.4, -0.2) is 26.3 Å². The molecule has 0 bridgehead atoms. The molecule has 1 aromatic rings. The Morgan fingerprint density at radius 3 is 2.29 bits per heavy atom. The Morgan fingerprint density at radius 2 is 1.67 bits per heavy atom. The van der Waals surface area contributed by atoms with E-state index in [2.05, 4.69) is 57.9 Å². The Labute approximate surface area is 145 Å². The fourth-order valence-corrected chi connectivity index (χ4v) is 2.85. The van der Waals surface area contributed by atoms with E-state index in [1.165, 1.54) is 12.8 Å². The molecule has 3 nitrogen and oxygen atoms in total. The maximum atomic E-state index is 5.80. The van der Waals surface area contributed by atoms with E-state index >= 15 is 0 Å². The van der Waals surface area contributed by atoms with Crippen LogP contribution in [0, 0.1) is 5.92 Å². The minimum atomic E-state index is 0.530. The number of hydrogen-bond donors (Lipinski definition) is 1. The normalized spacial score (nSPS) is 12.5. The van der Waals surface area contributed by atoms with Crippen LogP contribution in [0.2, 0.25) is 0 Å². The van der Waals surface area contributed by atoms with Crippen molar-refractivity contribution in [3.63, 3.8) is 0 Å². The minimum Gasteiger partial charge on any atom is -0.496 e. The van der Waals surface area contributed by atoms with Crippen molar-refractivity contribution in [3.8, 4) is 11.5 Å². The molecule has 1 N–H and O–H groups in total. The Balaban J connectivity index is 2.34. The molecule has 120 valence electrons. The summed E-state index contributed by atoms with van der Waals surface area (Å²) in [5.41, 5.74) is 0. The van der Waals surface area contributed by atoms with Crippen molar-refractivity contribution in [2.24, 2.45) is 5.92 Å². The van der Waals surface area contributed by atoms with Crippen LogP contribution in [0.4, 0.5) is 0 Å². The zero-order valence-electron chi connectivity index (χ0n) is 13.2. The van der Waals surface area contributed by atoms with Crippen LogP contribution in [0.25, 0.3) is 0 Å². The van der Waals surface area contributed by atoms with Gasteiger partial charge in [0.15, 0.2) is 0 Å². The summed E-state index contributed by atoms with van der Waals surface area (Å²) >= 11 is 6.96. The molecule has 0 spiro atoms. The van der Waals surface area contributed by atoms with Gasteiger partial charge in [-0.3, -0.25) is 0 Å². The first-order chi connectivity index (χ1) is 9.93. The molecule has 1 unspecified atom stereocenters. The number of halogens is 2. The molecule has 0 amide bonds. The number of methoxy groups -OCH3 is 1. The van der Waals surface area contributed by atoms with Crippen molar-refractivity contribution < 1.29 is 9.47 Å². The van der Waals surface area contributed by atoms with E-state index in [0.717, 1.165) is 32.9 Å². The van der Waals surface area contributed by atoms with Crippen molar-refractivity contribution in [2.75, 3.05) is 20.3 Å². The van der Waals surface area contributed by atoms with Crippen LogP contribution >= 0.6 is 31.9 Å². The SMILES string of the molecule is COc1cc(Br)c(OCCNC(C)CCC(C)C)cc1Br. The highest BCUT2D eigenvalue weighted by Gasteiger charge is 2.08. The molecule has 0 aromatic heterocycles. The van der Waals surface area contributed by atoms with E-state index in [9.17, 15) is 0 Å². The van der Waals surface area contributed by atoms with Crippen molar-refractivity contribution in [2.45, 2.75) is 39.7 Å². The fraction of sp³-hybridized carbons (Fsp3) is 0.625. The van der Waals surface area contributed by atoms with Gasteiger partial charge in [-0.1, -0.05) is 13.8 Å². The van der Waals surface area contributed by atoms with Crippen LogP contribution in [0.15, 0.2) is 21.1 Å². The lowest BCUT2D eigenvalue weighted by Crippen LogP contribution is -2.30. The smallest absolute Gasteiger partial charge is 0.134 e. The molecular weight excluding hydrogens is 398 g/mol. The Kier molecular flexibility index (Phi) is 8.67. The summed E-state index contributed by atoms with van der Waals surface area (Å²) < 4.78 is 12.8. The molecule has 0 saturated carbocycles. The van der Waals surface area contributed by atoms with Crippen molar-refractivity contribution >= 4 is 31.9 Å². The molecule has 0 aliphatic rings. The van der Waals surface area contributed by atoms with E-state index in [0.29, 0.717) is 12.6 Å². The molecule has 5 heteroatoms. The molecule has 0 saturated heterocycles. The summed E-state index contributed by atoms with van der Waals surface area (Å²) in [5, 5.41) is 3.49. The van der Waals surface area contributed by atoms with Crippen molar-refractivity contribution in [1.82, 2.24) is 5.32 Å². The number of nitrogens with one attached hydrogen (secondary N) is 1. The second-order valence-electron chi connectivity index (χ2n) is 5.59. The molecule has 0 radical (unpaired) electrons. The molecule has 1 rings (SSSR count). The second kappa shape index (κ2) is 9.70. The predicted octanol–water partition coefficient (Wildman–Crippen LogP) is 5.01. The van der Waals surface area contributed by atoms with Crippen LogP contribution in [0.1, 0.15) is 33.6 Å². The van der Waals surface area contributed by atoms with Crippen molar-refractivity contribution in [3.05, 3.63) is 21.1 Å². The Hall–Kier alpha value is -0.260. The van der Waals surface area contributed by atoms with Gasteiger partial charge in [-0.05, 0) is 69.7 Å². The summed E-state index contributed by atoms with van der Waals surface area (Å²) in [6, 6.07) is 4.35. The van der Waals surface area contributed by atoms with Crippen LogP contribution in [-0.2, 0) is 0 Å². The van der Waals surface area contributed by atoms with Gasteiger partial charge in [0.2, 0.25) is 0 Å². The topological polar surface area (TPSA) is 30.5 Å². The summed E-state index contributed by atoms with van der Waals surface area (Å²) in [7, 11) is 1.65. The summed E-state index contributed by atoms with van der Waals surface area (Å²) in [6.07, 6.45) is 2.46. The van der Waals surface area contributed by atoms with E-state index in [1.54, 1.807) is 7.11 Å². The number of hydrogen-bond acceptors (Lipinski definition) is 3. The molecule has 1 aromatic carbocycles. The molecule has 0 aliphatic carbocycles. The molecular formula is C16H25Br2NO2. The molecule has 1 atom stereocenters. The Bertz CT molecular complexity index is 439. The maximum absolute atomic E-state index is 5.80. The standard InChI is InChI=1S/C16H25Br2NO2/c1-11(2)5-6-12(3)19-7-8-21-16-10-13(17)15(20-4)9-14(16)18/h9-12,19H,5-8H2,1-4H3. The summed E-state index contributed by atoms with van der Waals surface area (Å²) in [5.74, 6) is 2.37. The third-order valence-corrected chi connectivity index (χ3v) is 4.48. The molecule has 0 aliphatic heterocycles. The van der Waals surface area contributed by atoms with Crippen LogP contribution in [0.3, 0.4) is 0 Å². The van der Waals surface area contributed by atoms with E-state index in [4.69, 9.17) is 9.47 Å². The van der Waals surface area contributed by atoms with Gasteiger partial charge < -0.3 is 14.8 Å². The van der Waals surface area contributed by atoms with Gasteiger partial charge in [-0.15, -0.1) is 0 Å². The zero-order valence-corrected chi connectivity index (χ0v) is 16.4. The van der Waals surface area contributed by atoms with Gasteiger partial charge in [0.25, 0.3) is 0 Å². The third-order valence-electron chi connectivity index (χ3n) is 3.24. The highest BCUT2D eigenvalue weighted by atomic mass is 79.9. The average molecular weight is 423 g/mol. The zero-order chi connectivity index (χ0) is 15.8. The van der Waals surface area contributed by atoms with E-state index in [1.807, 2.05) is 12.1 Å². The fourth-order valence-electron chi connectivity index (χ4n) is 1.93. The van der Waals surface area contributed by atoms with Gasteiger partial charge in [0, 0.05) is 12.6 Å². The quantitative estimate of drug-likeness (QED) is 0.567. The van der Waals surface area contributed by atoms with Crippen LogP contribution < -0.4 is 14.8 Å². The summed E-state index contributed by atoms with van der Waals surface area (Å²) in [4.78, 5) is 0. The van der Waals surface area contributed by atoms with Gasteiger partial charge in [0.1, 0.15) is 18.1 Å². The van der Waals surface area contributed by atoms with E-state index in [-0.39, 0.29) is 0 Å². The Morgan fingerprint density at radius 1 is 1.05 bits per heavy atom. The average Bonchev–Trinajstić information content (AvgIpc) is 2.44. The first kappa shape index (κ1) is 18.8. The minimum absolute atomic E-state index is 0.530. The van der Waals surface area contributed by atoms with Gasteiger partial charge >= 0.3 is 0 Å². The van der Waals surface area contributed by atoms with Crippen molar-refractivity contribution in [1.29, 1.82) is 0 Å². The number of ether oxygens (including phenoxy) is 2. The molecule has 0 heterocycles. The third kappa shape index (κ3) is 7.02. The first-order valence-electron chi connectivity index (χ1n) is 7.33. The number of rotatable bonds is 9. The van der Waals surface area contributed by atoms with Gasteiger partial charge in [0.05, 0.1) is 16.1 Å². The first-order valence-corrected chi connectivity index (χ1v) is 8.91. The molecule has 21 heavy (non-hydrogen) atoms. The summed E-state index contributed by atoms with van der Waals surface area (Å²) in [6.45, 7) is 8.23. The van der Waals surface area contributed by atoms with E-state index < -0.39 is 0 Å². The number of benzene rings is 1. The van der Waals surface area contributed by atoms with Gasteiger partial charge in [-0.2, -0.15) is 0 Å². The lowest BCUT2D eigenvalue weighted by molar-refractivity contribution is 0.300. The predicted molar refractivity (Wildman–Crippen MR) is 95.4 cm³/mol. The lowest BCUT2D eigenvalue weighted by Gasteiger charge is -2.16. The monoisotopic (exact) mass is 421 g/mol. The highest BCUT2D eigenvalue weighted by Crippen LogP contribution is 2.35. The highest BCUT2D eigenvalue weighted by molar-refractivity contribution is 9.11. The largest absolute Gasteiger partial charge is 0.496 e. The molecule has 0 fully saturated rings. The van der Waals surface area contributed by atoms with Crippen LogP contribution in [0.5, 0.6) is 11.5 Å². The van der Waals surface area contributed by atoms with Gasteiger partial charge in [-0.25, -0.2) is 0 Å². The lowest BCUT2D eigenvalue weighted by atomic mass is 10.0. The maximum Gasteiger partial charge on any atom is 0.134 e. The second-order valence-corrected chi connectivity index (χ2v) is 7.30.